The lowest BCUT2D eigenvalue weighted by Gasteiger charge is -2.15. The van der Waals surface area contributed by atoms with Crippen molar-refractivity contribution in [1.82, 2.24) is 10.5 Å². The van der Waals surface area contributed by atoms with Crippen LogP contribution in [0, 0.1) is 0 Å². The third-order valence-corrected chi connectivity index (χ3v) is 4.89. The topological polar surface area (TPSA) is 93.9 Å². The minimum absolute atomic E-state index is 0.104. The van der Waals surface area contributed by atoms with Crippen molar-refractivity contribution >= 4 is 18.3 Å². The van der Waals surface area contributed by atoms with E-state index in [0.717, 1.165) is 41.8 Å². The summed E-state index contributed by atoms with van der Waals surface area (Å²) in [5, 5.41) is 6.97. The van der Waals surface area contributed by atoms with E-state index in [1.165, 1.54) is 5.56 Å². The van der Waals surface area contributed by atoms with Crippen LogP contribution in [0.4, 0.5) is 10.5 Å². The Morgan fingerprint density at radius 1 is 1.30 bits per heavy atom. The number of ether oxygens (including phenoxy) is 2. The molecular formula is C22H29N3O5. The van der Waals surface area contributed by atoms with Crippen LogP contribution in [0.5, 0.6) is 0 Å². The lowest BCUT2D eigenvalue weighted by molar-refractivity contribution is -0.138. The molecule has 2 aromatic rings. The number of aryl methyl sites for hydroxylation is 2. The van der Waals surface area contributed by atoms with Crippen molar-refractivity contribution in [3.8, 4) is 11.3 Å². The molecule has 1 amide bonds. The van der Waals surface area contributed by atoms with Gasteiger partial charge in [0.25, 0.3) is 6.47 Å². The van der Waals surface area contributed by atoms with Gasteiger partial charge >= 0.3 is 6.09 Å². The van der Waals surface area contributed by atoms with Crippen molar-refractivity contribution in [2.45, 2.75) is 51.7 Å². The fourth-order valence-electron chi connectivity index (χ4n) is 3.52. The van der Waals surface area contributed by atoms with Crippen molar-refractivity contribution in [1.29, 1.82) is 0 Å². The number of hydrogen-bond acceptors (Lipinski definition) is 7. The highest BCUT2D eigenvalue weighted by molar-refractivity contribution is 5.90. The molecule has 1 aliphatic carbocycles. The average Bonchev–Trinajstić information content (AvgIpc) is 3.24. The second-order valence-corrected chi connectivity index (χ2v) is 8.38. The quantitative estimate of drug-likeness (QED) is 0.766. The van der Waals surface area contributed by atoms with Gasteiger partial charge < -0.3 is 19.3 Å². The Labute approximate surface area is 176 Å². The van der Waals surface area contributed by atoms with Gasteiger partial charge in [-0.1, -0.05) is 5.16 Å². The molecule has 2 aliphatic rings. The molecule has 30 heavy (non-hydrogen) atoms. The summed E-state index contributed by atoms with van der Waals surface area (Å²) < 4.78 is 15.4. The molecule has 2 heterocycles. The number of nitrogens with one attached hydrogen (secondary N) is 1. The number of likely N-dealkylation sites (N-methyl/N-ethyl adjacent to an activating group) is 1. The molecule has 1 N–H and O–H groups in total. The summed E-state index contributed by atoms with van der Waals surface area (Å²) in [4.78, 5) is 23.4. The molecule has 1 atom stereocenters. The lowest BCUT2D eigenvalue weighted by atomic mass is 10.0. The maximum atomic E-state index is 12.1. The van der Waals surface area contributed by atoms with Gasteiger partial charge in [-0.15, -0.1) is 0 Å². The maximum absolute atomic E-state index is 12.1. The molecule has 8 nitrogen and oxygen atoms in total. The molecule has 1 aliphatic heterocycles. The number of rotatable bonds is 4. The Morgan fingerprint density at radius 2 is 2.07 bits per heavy atom. The largest absolute Gasteiger partial charge is 0.462 e. The molecule has 1 fully saturated rings. The van der Waals surface area contributed by atoms with E-state index in [0.29, 0.717) is 19.6 Å². The fourth-order valence-corrected chi connectivity index (χ4v) is 3.52. The van der Waals surface area contributed by atoms with Gasteiger partial charge in [-0.05, 0) is 70.8 Å². The molecule has 1 saturated heterocycles. The number of carbonyl (C=O) groups excluding carboxylic acids is 2. The zero-order chi connectivity index (χ0) is 21.7. The van der Waals surface area contributed by atoms with Crippen LogP contribution >= 0.6 is 0 Å². The number of hydrogen-bond donors (Lipinski definition) is 1. The predicted molar refractivity (Wildman–Crippen MR) is 112 cm³/mol. The first-order valence-electron chi connectivity index (χ1n) is 10.1. The number of carbonyl (C=O) groups is 2. The number of cyclic esters (lactones) is 1. The monoisotopic (exact) mass is 415 g/mol. The fraction of sp³-hybridized carbons (Fsp3) is 0.500. The van der Waals surface area contributed by atoms with Gasteiger partial charge in [0.1, 0.15) is 11.7 Å². The zero-order valence-electron chi connectivity index (χ0n) is 17.9. The summed E-state index contributed by atoms with van der Waals surface area (Å²) in [6.07, 6.45) is 4.41. The van der Waals surface area contributed by atoms with Crippen molar-refractivity contribution < 1.29 is 23.6 Å². The van der Waals surface area contributed by atoms with E-state index in [2.05, 4.69) is 21.3 Å². The minimum Gasteiger partial charge on any atom is -0.462 e. The summed E-state index contributed by atoms with van der Waals surface area (Å²) in [5.74, 6) is 0.862. The molecule has 0 bridgehead atoms. The normalized spacial score (nSPS) is 17.8. The van der Waals surface area contributed by atoms with Gasteiger partial charge in [-0.3, -0.25) is 9.69 Å². The molecule has 0 saturated carbocycles. The molecule has 0 radical (unpaired) electrons. The van der Waals surface area contributed by atoms with Gasteiger partial charge in [0.2, 0.25) is 0 Å². The Balaban J connectivity index is 0.000000318. The first kappa shape index (κ1) is 21.8. The van der Waals surface area contributed by atoms with Crippen molar-refractivity contribution in [2.24, 2.45) is 0 Å². The van der Waals surface area contributed by atoms with E-state index in [4.69, 9.17) is 9.26 Å². The summed E-state index contributed by atoms with van der Waals surface area (Å²) in [5.41, 5.74) is 4.00. The number of amides is 1. The highest BCUT2D eigenvalue weighted by atomic mass is 16.6. The maximum Gasteiger partial charge on any atom is 0.414 e. The first-order chi connectivity index (χ1) is 14.3. The van der Waals surface area contributed by atoms with Gasteiger partial charge in [-0.2, -0.15) is 0 Å². The predicted octanol–water partition coefficient (Wildman–Crippen LogP) is 3.33. The minimum atomic E-state index is -0.318. The van der Waals surface area contributed by atoms with Crippen molar-refractivity contribution in [3.05, 3.63) is 35.5 Å². The van der Waals surface area contributed by atoms with Gasteiger partial charge in [-0.25, -0.2) is 4.79 Å². The lowest BCUT2D eigenvalue weighted by Crippen LogP contribution is -2.29. The van der Waals surface area contributed by atoms with Crippen LogP contribution in [0.3, 0.4) is 0 Å². The second kappa shape index (κ2) is 9.30. The van der Waals surface area contributed by atoms with Crippen LogP contribution in [0.15, 0.2) is 28.9 Å². The van der Waals surface area contributed by atoms with Crippen LogP contribution in [0.25, 0.3) is 11.3 Å². The molecular weight excluding hydrogens is 386 g/mol. The molecule has 0 spiro atoms. The molecule has 1 unspecified atom stereocenters. The Bertz CT molecular complexity index is 887. The van der Waals surface area contributed by atoms with E-state index in [9.17, 15) is 9.59 Å². The van der Waals surface area contributed by atoms with E-state index < -0.39 is 0 Å². The molecule has 8 heteroatoms. The van der Waals surface area contributed by atoms with Crippen LogP contribution in [0.2, 0.25) is 0 Å². The standard InChI is InChI=1S/C17H19N3O3.C5H10O2/c1-18-9-14-10-20(17(21)22-14)13-5-6-15-11(7-13)3-2-4-12-8-19-23-16(12)15;1-5(2,3)7-4-6/h5-8,14,18H,2-4,9-10H2,1H3;4H,1-3H3. The summed E-state index contributed by atoms with van der Waals surface area (Å²) >= 11 is 0. The van der Waals surface area contributed by atoms with E-state index in [-0.39, 0.29) is 17.8 Å². The van der Waals surface area contributed by atoms with Crippen LogP contribution in [0.1, 0.15) is 38.3 Å². The summed E-state index contributed by atoms with van der Waals surface area (Å²) in [6, 6.07) is 6.06. The van der Waals surface area contributed by atoms with Gasteiger partial charge in [0.05, 0.1) is 12.7 Å². The van der Waals surface area contributed by atoms with Crippen LogP contribution in [-0.2, 0) is 27.1 Å². The van der Waals surface area contributed by atoms with Crippen molar-refractivity contribution in [3.63, 3.8) is 0 Å². The molecule has 162 valence electrons. The summed E-state index contributed by atoms with van der Waals surface area (Å²) in [6.45, 7) is 7.16. The van der Waals surface area contributed by atoms with Gasteiger partial charge in [0, 0.05) is 23.4 Å². The van der Waals surface area contributed by atoms with E-state index in [1.807, 2.05) is 40.0 Å². The van der Waals surface area contributed by atoms with Crippen molar-refractivity contribution in [2.75, 3.05) is 25.0 Å². The van der Waals surface area contributed by atoms with Crippen LogP contribution < -0.4 is 10.2 Å². The number of aromatic nitrogens is 1. The average molecular weight is 415 g/mol. The highest BCUT2D eigenvalue weighted by Crippen LogP contribution is 2.35. The van der Waals surface area contributed by atoms with E-state index in [1.54, 1.807) is 11.1 Å². The Morgan fingerprint density at radius 3 is 2.73 bits per heavy atom. The smallest absolute Gasteiger partial charge is 0.414 e. The Kier molecular flexibility index (Phi) is 6.77. The number of nitrogens with zero attached hydrogens (tertiary/aromatic N) is 2. The third-order valence-electron chi connectivity index (χ3n) is 4.89. The number of benzene rings is 1. The van der Waals surface area contributed by atoms with E-state index >= 15 is 0 Å². The second-order valence-electron chi connectivity index (χ2n) is 8.38. The Hall–Kier alpha value is -2.87. The SMILES string of the molecule is CC(C)(C)OC=O.CNCC1CN(c2ccc3c(c2)CCCc2cnoc2-3)C(=O)O1. The molecule has 1 aromatic heterocycles. The number of anilines is 1. The van der Waals surface area contributed by atoms with Gasteiger partial charge in [0.15, 0.2) is 5.76 Å². The molecule has 4 rings (SSSR count). The third kappa shape index (κ3) is 5.18. The number of fused-ring (bicyclic) bond motifs is 3. The zero-order valence-corrected chi connectivity index (χ0v) is 17.9. The van der Waals surface area contributed by atoms with Crippen LogP contribution in [-0.4, -0.2) is 49.6 Å². The highest BCUT2D eigenvalue weighted by Gasteiger charge is 2.32. The first-order valence-corrected chi connectivity index (χ1v) is 10.1. The summed E-state index contributed by atoms with van der Waals surface area (Å²) in [7, 11) is 1.86. The molecule has 1 aromatic carbocycles.